The van der Waals surface area contributed by atoms with E-state index in [2.05, 4.69) is 10.4 Å². The van der Waals surface area contributed by atoms with E-state index in [-0.39, 0.29) is 12.0 Å². The van der Waals surface area contributed by atoms with Crippen LogP contribution >= 0.6 is 0 Å². The standard InChI is InChI=1S/C25H30N4O3/c1-5-28(24(31)32-25(2,3)4)18-21-9-6-7-10-22(21)27-23(30)20-13-11-19(12-14-20)17-29-16-8-15-26-29/h6-16H,5,17-18H2,1-4H3,(H,27,30). The molecule has 7 nitrogen and oxygen atoms in total. The monoisotopic (exact) mass is 434 g/mol. The highest BCUT2D eigenvalue weighted by Crippen LogP contribution is 2.20. The molecule has 1 N–H and O–H groups in total. The van der Waals surface area contributed by atoms with E-state index in [0.717, 1.165) is 11.1 Å². The quantitative estimate of drug-likeness (QED) is 0.571. The van der Waals surface area contributed by atoms with Gasteiger partial charge in [0.2, 0.25) is 0 Å². The molecule has 2 amide bonds. The van der Waals surface area contributed by atoms with E-state index >= 15 is 0 Å². The van der Waals surface area contributed by atoms with Gasteiger partial charge >= 0.3 is 6.09 Å². The Kier molecular flexibility index (Phi) is 7.30. The van der Waals surface area contributed by atoms with Gasteiger partial charge in [0.1, 0.15) is 5.60 Å². The topological polar surface area (TPSA) is 76.5 Å². The molecule has 0 bridgehead atoms. The van der Waals surface area contributed by atoms with Crippen molar-refractivity contribution in [1.29, 1.82) is 0 Å². The molecule has 7 heteroatoms. The van der Waals surface area contributed by atoms with Crippen molar-refractivity contribution in [3.63, 3.8) is 0 Å². The Morgan fingerprint density at radius 2 is 1.78 bits per heavy atom. The molecule has 0 saturated heterocycles. The molecule has 3 aromatic rings. The first-order valence-electron chi connectivity index (χ1n) is 10.7. The van der Waals surface area contributed by atoms with Crippen LogP contribution in [0.25, 0.3) is 0 Å². The van der Waals surface area contributed by atoms with Crippen LogP contribution in [0.1, 0.15) is 49.2 Å². The number of para-hydroxylation sites is 1. The maximum absolute atomic E-state index is 12.8. The smallest absolute Gasteiger partial charge is 0.410 e. The molecule has 0 spiro atoms. The Morgan fingerprint density at radius 3 is 2.41 bits per heavy atom. The van der Waals surface area contributed by atoms with Crippen molar-refractivity contribution in [3.05, 3.63) is 83.7 Å². The number of benzene rings is 2. The van der Waals surface area contributed by atoms with Crippen LogP contribution in [-0.4, -0.2) is 38.8 Å². The summed E-state index contributed by atoms with van der Waals surface area (Å²) in [4.78, 5) is 27.0. The number of aromatic nitrogens is 2. The number of carbonyl (C=O) groups is 2. The van der Waals surface area contributed by atoms with E-state index in [9.17, 15) is 9.59 Å². The predicted molar refractivity (Wildman–Crippen MR) is 124 cm³/mol. The van der Waals surface area contributed by atoms with E-state index in [1.807, 2.05) is 81.0 Å². The number of anilines is 1. The lowest BCUT2D eigenvalue weighted by molar-refractivity contribution is 0.0245. The first-order chi connectivity index (χ1) is 15.2. The number of hydrogen-bond acceptors (Lipinski definition) is 4. The van der Waals surface area contributed by atoms with Crippen molar-refractivity contribution in [2.45, 2.75) is 46.4 Å². The highest BCUT2D eigenvalue weighted by molar-refractivity contribution is 6.04. The zero-order chi connectivity index (χ0) is 23.1. The molecular formula is C25H30N4O3. The molecule has 0 unspecified atom stereocenters. The fourth-order valence-corrected chi connectivity index (χ4v) is 3.15. The van der Waals surface area contributed by atoms with Gasteiger partial charge in [-0.1, -0.05) is 30.3 Å². The molecule has 3 rings (SSSR count). The largest absolute Gasteiger partial charge is 0.444 e. The van der Waals surface area contributed by atoms with Gasteiger partial charge in [0.25, 0.3) is 5.91 Å². The number of rotatable bonds is 7. The number of carbonyl (C=O) groups excluding carboxylic acids is 2. The molecule has 32 heavy (non-hydrogen) atoms. The summed E-state index contributed by atoms with van der Waals surface area (Å²) in [6.45, 7) is 8.90. The molecule has 0 aliphatic heterocycles. The van der Waals surface area contributed by atoms with E-state index in [1.54, 1.807) is 23.2 Å². The zero-order valence-corrected chi connectivity index (χ0v) is 19.0. The van der Waals surface area contributed by atoms with Crippen LogP contribution in [0.2, 0.25) is 0 Å². The predicted octanol–water partition coefficient (Wildman–Crippen LogP) is 4.94. The van der Waals surface area contributed by atoms with Crippen LogP contribution in [0.5, 0.6) is 0 Å². The van der Waals surface area contributed by atoms with Crippen molar-refractivity contribution in [3.8, 4) is 0 Å². The normalized spacial score (nSPS) is 11.1. The summed E-state index contributed by atoms with van der Waals surface area (Å²) in [5, 5.41) is 7.17. The molecule has 0 saturated carbocycles. The van der Waals surface area contributed by atoms with Gasteiger partial charge in [-0.25, -0.2) is 4.79 Å². The maximum Gasteiger partial charge on any atom is 0.410 e. The van der Waals surface area contributed by atoms with Gasteiger partial charge in [-0.3, -0.25) is 9.48 Å². The minimum Gasteiger partial charge on any atom is -0.444 e. The lowest BCUT2D eigenvalue weighted by Gasteiger charge is -2.27. The molecule has 0 aliphatic rings. The number of nitrogens with zero attached hydrogens (tertiary/aromatic N) is 3. The summed E-state index contributed by atoms with van der Waals surface area (Å²) in [5.74, 6) is -0.205. The molecule has 2 aromatic carbocycles. The third kappa shape index (κ3) is 6.44. The Labute approximate surface area is 189 Å². The van der Waals surface area contributed by atoms with Crippen molar-refractivity contribution in [2.75, 3.05) is 11.9 Å². The van der Waals surface area contributed by atoms with Gasteiger partial charge in [-0.2, -0.15) is 5.10 Å². The van der Waals surface area contributed by atoms with E-state index < -0.39 is 5.60 Å². The molecule has 0 atom stereocenters. The fourth-order valence-electron chi connectivity index (χ4n) is 3.15. The van der Waals surface area contributed by atoms with Crippen LogP contribution in [0.4, 0.5) is 10.5 Å². The molecule has 0 radical (unpaired) electrons. The van der Waals surface area contributed by atoms with Crippen molar-refractivity contribution in [2.24, 2.45) is 0 Å². The molecule has 1 heterocycles. The molecule has 168 valence electrons. The zero-order valence-electron chi connectivity index (χ0n) is 19.0. The summed E-state index contributed by atoms with van der Waals surface area (Å²) in [7, 11) is 0. The van der Waals surface area contributed by atoms with Crippen molar-refractivity contribution >= 4 is 17.7 Å². The van der Waals surface area contributed by atoms with Gasteiger partial charge in [-0.15, -0.1) is 0 Å². The lowest BCUT2D eigenvalue weighted by atomic mass is 10.1. The van der Waals surface area contributed by atoms with E-state index in [4.69, 9.17) is 4.74 Å². The Morgan fingerprint density at radius 1 is 1.06 bits per heavy atom. The van der Waals surface area contributed by atoms with Crippen molar-refractivity contribution in [1.82, 2.24) is 14.7 Å². The van der Waals surface area contributed by atoms with Crippen molar-refractivity contribution < 1.29 is 14.3 Å². The molecule has 0 aliphatic carbocycles. The van der Waals surface area contributed by atoms with Gasteiger partial charge in [-0.05, 0) is 63.1 Å². The fraction of sp³-hybridized carbons (Fsp3) is 0.320. The average molecular weight is 435 g/mol. The van der Waals surface area contributed by atoms with Crippen LogP contribution in [0.3, 0.4) is 0 Å². The summed E-state index contributed by atoms with van der Waals surface area (Å²) in [6, 6.07) is 16.8. The van der Waals surface area contributed by atoms with Gasteiger partial charge < -0.3 is 15.0 Å². The lowest BCUT2D eigenvalue weighted by Crippen LogP contribution is -2.36. The molecule has 0 fully saturated rings. The highest BCUT2D eigenvalue weighted by Gasteiger charge is 2.22. The number of hydrogen-bond donors (Lipinski definition) is 1. The number of ether oxygens (including phenoxy) is 1. The van der Waals surface area contributed by atoms with Gasteiger partial charge in [0, 0.05) is 30.2 Å². The Bertz CT molecular complexity index is 1040. The van der Waals surface area contributed by atoms with Crippen LogP contribution in [-0.2, 0) is 17.8 Å². The first kappa shape index (κ1) is 23.1. The summed E-state index contributed by atoms with van der Waals surface area (Å²) >= 11 is 0. The van der Waals surface area contributed by atoms with Crippen LogP contribution in [0, 0.1) is 0 Å². The average Bonchev–Trinajstić information content (AvgIpc) is 3.25. The minimum atomic E-state index is -0.568. The SMILES string of the molecule is CCN(Cc1ccccc1NC(=O)c1ccc(Cn2cccn2)cc1)C(=O)OC(C)(C)C. The highest BCUT2D eigenvalue weighted by atomic mass is 16.6. The summed E-state index contributed by atoms with van der Waals surface area (Å²) in [6.07, 6.45) is 3.25. The van der Waals surface area contributed by atoms with Crippen LogP contribution < -0.4 is 5.32 Å². The number of amides is 2. The Balaban J connectivity index is 1.68. The molecular weight excluding hydrogens is 404 g/mol. The third-order valence-electron chi connectivity index (χ3n) is 4.78. The molecule has 1 aromatic heterocycles. The van der Waals surface area contributed by atoms with E-state index in [1.165, 1.54) is 0 Å². The summed E-state index contributed by atoms with van der Waals surface area (Å²) in [5.41, 5.74) is 2.55. The second-order valence-corrected chi connectivity index (χ2v) is 8.51. The Hall–Kier alpha value is -3.61. The van der Waals surface area contributed by atoms with Gasteiger partial charge in [0.15, 0.2) is 0 Å². The van der Waals surface area contributed by atoms with E-state index in [0.29, 0.717) is 30.9 Å². The number of nitrogens with one attached hydrogen (secondary N) is 1. The van der Waals surface area contributed by atoms with Gasteiger partial charge in [0.05, 0.1) is 13.1 Å². The second kappa shape index (κ2) is 10.1. The van der Waals surface area contributed by atoms with Crippen LogP contribution in [0.15, 0.2) is 67.0 Å². The maximum atomic E-state index is 12.8. The minimum absolute atomic E-state index is 0.205. The summed E-state index contributed by atoms with van der Waals surface area (Å²) < 4.78 is 7.32. The third-order valence-corrected chi connectivity index (χ3v) is 4.78. The first-order valence-corrected chi connectivity index (χ1v) is 10.7. The second-order valence-electron chi connectivity index (χ2n) is 8.51.